The fourth-order valence-electron chi connectivity index (χ4n) is 1.47. The SMILES string of the molecule is O=C1/C=C\CCCCCCCCO1. The van der Waals surface area contributed by atoms with Gasteiger partial charge in [-0.15, -0.1) is 0 Å². The first-order valence-electron chi connectivity index (χ1n) is 5.23. The molecule has 0 aliphatic carbocycles. The van der Waals surface area contributed by atoms with E-state index in [2.05, 4.69) is 0 Å². The van der Waals surface area contributed by atoms with Crippen LogP contribution in [0.2, 0.25) is 0 Å². The molecule has 0 aromatic heterocycles. The number of esters is 1. The van der Waals surface area contributed by atoms with E-state index in [-0.39, 0.29) is 5.97 Å². The van der Waals surface area contributed by atoms with Crippen LogP contribution in [0, 0.1) is 0 Å². The second-order valence-corrected chi connectivity index (χ2v) is 3.48. The molecule has 0 fully saturated rings. The molecule has 74 valence electrons. The number of allylic oxidation sites excluding steroid dienone is 1. The summed E-state index contributed by atoms with van der Waals surface area (Å²) in [5.41, 5.74) is 0. The molecule has 0 radical (unpaired) electrons. The fourth-order valence-corrected chi connectivity index (χ4v) is 1.47. The molecule has 0 unspecified atom stereocenters. The monoisotopic (exact) mass is 182 g/mol. The zero-order valence-corrected chi connectivity index (χ0v) is 8.13. The molecule has 0 saturated carbocycles. The molecule has 1 heterocycles. The zero-order valence-electron chi connectivity index (χ0n) is 8.13. The largest absolute Gasteiger partial charge is 0.463 e. The average Bonchev–Trinajstić information content (AvgIpc) is 2.11. The Balaban J connectivity index is 2.26. The summed E-state index contributed by atoms with van der Waals surface area (Å²) >= 11 is 0. The highest BCUT2D eigenvalue weighted by Gasteiger charge is 1.98. The lowest BCUT2D eigenvalue weighted by molar-refractivity contribution is -0.137. The maximum absolute atomic E-state index is 11.0. The third kappa shape index (κ3) is 5.45. The van der Waals surface area contributed by atoms with E-state index in [1.165, 1.54) is 32.1 Å². The first kappa shape index (κ1) is 10.3. The van der Waals surface area contributed by atoms with Crippen LogP contribution in [0.1, 0.15) is 44.9 Å². The van der Waals surface area contributed by atoms with E-state index in [4.69, 9.17) is 4.74 Å². The highest BCUT2D eigenvalue weighted by molar-refractivity contribution is 5.81. The Bertz CT molecular complexity index is 173. The first-order valence-corrected chi connectivity index (χ1v) is 5.23. The Morgan fingerprint density at radius 3 is 2.54 bits per heavy atom. The molecule has 13 heavy (non-hydrogen) atoms. The van der Waals surface area contributed by atoms with E-state index in [1.54, 1.807) is 6.08 Å². The topological polar surface area (TPSA) is 26.3 Å². The van der Waals surface area contributed by atoms with Crippen molar-refractivity contribution in [3.63, 3.8) is 0 Å². The zero-order chi connectivity index (χ0) is 9.36. The standard InChI is InChI=1S/C11H18O2/c12-11-9-7-5-3-1-2-4-6-8-10-13-11/h7,9H,1-6,8,10H2/b9-7-. The van der Waals surface area contributed by atoms with Gasteiger partial charge in [-0.1, -0.05) is 31.8 Å². The van der Waals surface area contributed by atoms with Crippen LogP contribution in [0.15, 0.2) is 12.2 Å². The molecular weight excluding hydrogens is 164 g/mol. The van der Waals surface area contributed by atoms with Gasteiger partial charge in [0.1, 0.15) is 0 Å². The quantitative estimate of drug-likeness (QED) is 0.538. The van der Waals surface area contributed by atoms with Crippen LogP contribution in [0.25, 0.3) is 0 Å². The van der Waals surface area contributed by atoms with Gasteiger partial charge < -0.3 is 4.74 Å². The van der Waals surface area contributed by atoms with Gasteiger partial charge >= 0.3 is 5.97 Å². The molecule has 2 nitrogen and oxygen atoms in total. The Hall–Kier alpha value is -0.790. The van der Waals surface area contributed by atoms with Gasteiger partial charge in [0.25, 0.3) is 0 Å². The summed E-state index contributed by atoms with van der Waals surface area (Å²) in [4.78, 5) is 11.0. The van der Waals surface area contributed by atoms with Gasteiger partial charge in [0.15, 0.2) is 0 Å². The predicted octanol–water partition coefficient (Wildman–Crippen LogP) is 2.83. The summed E-state index contributed by atoms with van der Waals surface area (Å²) in [5, 5.41) is 0. The number of carbonyl (C=O) groups excluding carboxylic acids is 1. The smallest absolute Gasteiger partial charge is 0.330 e. The van der Waals surface area contributed by atoms with Crippen LogP contribution in [0.5, 0.6) is 0 Å². The molecule has 0 bridgehead atoms. The molecule has 0 spiro atoms. The van der Waals surface area contributed by atoms with Gasteiger partial charge in [0.2, 0.25) is 0 Å². The summed E-state index contributed by atoms with van der Waals surface area (Å²) in [7, 11) is 0. The highest BCUT2D eigenvalue weighted by atomic mass is 16.5. The van der Waals surface area contributed by atoms with E-state index in [1.807, 2.05) is 6.08 Å². The summed E-state index contributed by atoms with van der Waals surface area (Å²) in [6.07, 6.45) is 11.8. The Kier molecular flexibility index (Phi) is 5.30. The van der Waals surface area contributed by atoms with Gasteiger partial charge in [0.05, 0.1) is 6.61 Å². The van der Waals surface area contributed by atoms with Crippen molar-refractivity contribution in [3.05, 3.63) is 12.2 Å². The van der Waals surface area contributed by atoms with Gasteiger partial charge in [0, 0.05) is 6.08 Å². The number of cyclic esters (lactones) is 1. The molecule has 0 atom stereocenters. The number of ether oxygens (including phenoxy) is 1. The van der Waals surface area contributed by atoms with Crippen LogP contribution in [-0.2, 0) is 9.53 Å². The summed E-state index contributed by atoms with van der Waals surface area (Å²) in [6, 6.07) is 0. The van der Waals surface area contributed by atoms with Crippen molar-refractivity contribution >= 4 is 5.97 Å². The summed E-state index contributed by atoms with van der Waals surface area (Å²) in [5.74, 6) is -0.180. The van der Waals surface area contributed by atoms with E-state index < -0.39 is 0 Å². The predicted molar refractivity (Wildman–Crippen MR) is 52.4 cm³/mol. The molecule has 0 N–H and O–H groups in total. The van der Waals surface area contributed by atoms with Crippen LogP contribution < -0.4 is 0 Å². The Labute approximate surface area is 80.0 Å². The molecule has 0 amide bonds. The minimum Gasteiger partial charge on any atom is -0.463 e. The van der Waals surface area contributed by atoms with Crippen LogP contribution in [-0.4, -0.2) is 12.6 Å². The van der Waals surface area contributed by atoms with Crippen LogP contribution >= 0.6 is 0 Å². The molecule has 0 aromatic carbocycles. The second-order valence-electron chi connectivity index (χ2n) is 3.48. The number of carbonyl (C=O) groups is 1. The molecule has 1 aliphatic heterocycles. The first-order chi connectivity index (χ1) is 6.39. The minimum atomic E-state index is -0.180. The van der Waals surface area contributed by atoms with Crippen molar-refractivity contribution in [1.82, 2.24) is 0 Å². The third-order valence-corrected chi connectivity index (χ3v) is 2.26. The fraction of sp³-hybridized carbons (Fsp3) is 0.727. The van der Waals surface area contributed by atoms with E-state index in [0.29, 0.717) is 6.61 Å². The van der Waals surface area contributed by atoms with Crippen molar-refractivity contribution in [2.24, 2.45) is 0 Å². The third-order valence-electron chi connectivity index (χ3n) is 2.26. The Morgan fingerprint density at radius 1 is 1.00 bits per heavy atom. The average molecular weight is 182 g/mol. The normalized spacial score (nSPS) is 23.8. The molecule has 1 rings (SSSR count). The molecule has 0 aromatic rings. The van der Waals surface area contributed by atoms with Crippen molar-refractivity contribution in [2.75, 3.05) is 6.61 Å². The molecular formula is C11H18O2. The van der Waals surface area contributed by atoms with Gasteiger partial charge in [-0.05, 0) is 19.3 Å². The van der Waals surface area contributed by atoms with Crippen molar-refractivity contribution in [2.45, 2.75) is 44.9 Å². The Morgan fingerprint density at radius 2 is 1.69 bits per heavy atom. The second kappa shape index (κ2) is 6.70. The molecule has 2 heteroatoms. The van der Waals surface area contributed by atoms with Gasteiger partial charge in [-0.3, -0.25) is 0 Å². The van der Waals surface area contributed by atoms with Crippen LogP contribution in [0.4, 0.5) is 0 Å². The minimum absolute atomic E-state index is 0.180. The number of hydrogen-bond donors (Lipinski definition) is 0. The van der Waals surface area contributed by atoms with Crippen LogP contribution in [0.3, 0.4) is 0 Å². The highest BCUT2D eigenvalue weighted by Crippen LogP contribution is 2.08. The summed E-state index contributed by atoms with van der Waals surface area (Å²) < 4.78 is 4.99. The van der Waals surface area contributed by atoms with E-state index >= 15 is 0 Å². The molecule has 1 aliphatic rings. The number of hydrogen-bond acceptors (Lipinski definition) is 2. The van der Waals surface area contributed by atoms with E-state index in [0.717, 1.165) is 12.8 Å². The van der Waals surface area contributed by atoms with Crippen molar-refractivity contribution < 1.29 is 9.53 Å². The van der Waals surface area contributed by atoms with Gasteiger partial charge in [-0.2, -0.15) is 0 Å². The lowest BCUT2D eigenvalue weighted by Crippen LogP contribution is -2.02. The molecule has 0 saturated heterocycles. The van der Waals surface area contributed by atoms with E-state index in [9.17, 15) is 4.79 Å². The maximum atomic E-state index is 11.0. The van der Waals surface area contributed by atoms with Crippen molar-refractivity contribution in [1.29, 1.82) is 0 Å². The lowest BCUT2D eigenvalue weighted by atomic mass is 10.1. The lowest BCUT2D eigenvalue weighted by Gasteiger charge is -2.04. The van der Waals surface area contributed by atoms with Gasteiger partial charge in [-0.25, -0.2) is 4.79 Å². The maximum Gasteiger partial charge on any atom is 0.330 e. The van der Waals surface area contributed by atoms with Crippen molar-refractivity contribution in [3.8, 4) is 0 Å². The summed E-state index contributed by atoms with van der Waals surface area (Å²) in [6.45, 7) is 0.586. The number of rotatable bonds is 0.